The highest BCUT2D eigenvalue weighted by molar-refractivity contribution is 7.96. The van der Waals surface area contributed by atoms with Crippen LogP contribution in [0.4, 0.5) is 0 Å². The van der Waals surface area contributed by atoms with Gasteiger partial charge in [-0.05, 0) is 25.1 Å². The van der Waals surface area contributed by atoms with Gasteiger partial charge in [-0.3, -0.25) is 0 Å². The van der Waals surface area contributed by atoms with Crippen molar-refractivity contribution in [1.82, 2.24) is 0 Å². The van der Waals surface area contributed by atoms with E-state index in [1.54, 1.807) is 6.92 Å². The molecule has 0 amide bonds. The second-order valence-electron chi connectivity index (χ2n) is 3.39. The lowest BCUT2D eigenvalue weighted by molar-refractivity contribution is -0.135. The van der Waals surface area contributed by atoms with Gasteiger partial charge < -0.3 is 9.47 Å². The molecule has 7 heteroatoms. The third-order valence-corrected chi connectivity index (χ3v) is 4.09. The molecule has 0 saturated heterocycles. The molecule has 1 rings (SSSR count). The lowest BCUT2D eigenvalue weighted by Crippen LogP contribution is -2.16. The second kappa shape index (κ2) is 6.58. The molecule has 5 nitrogen and oxygen atoms in total. The molecule has 0 aliphatic rings. The molecule has 0 fully saturated rings. The van der Waals surface area contributed by atoms with Crippen molar-refractivity contribution in [3.8, 4) is 0 Å². The molecule has 1 aromatic carbocycles. The summed E-state index contributed by atoms with van der Waals surface area (Å²) < 4.78 is 33.9. The van der Waals surface area contributed by atoms with Crippen molar-refractivity contribution in [1.29, 1.82) is 0 Å². The van der Waals surface area contributed by atoms with E-state index in [4.69, 9.17) is 16.3 Å². The first-order valence-electron chi connectivity index (χ1n) is 5.34. The molecule has 0 aliphatic heterocycles. The minimum absolute atomic E-state index is 0.101. The summed E-state index contributed by atoms with van der Waals surface area (Å²) in [6, 6.07) is 5.60. The maximum absolute atomic E-state index is 12.3. The van der Waals surface area contributed by atoms with Gasteiger partial charge in [-0.15, -0.1) is 0 Å². The molecule has 1 aromatic rings. The molecule has 0 bridgehead atoms. The molecule has 0 aromatic heterocycles. The van der Waals surface area contributed by atoms with Crippen LogP contribution in [0.3, 0.4) is 0 Å². The molecular formula is C12H13ClO5S. The molecule has 0 aliphatic carbocycles. The van der Waals surface area contributed by atoms with Crippen molar-refractivity contribution in [2.75, 3.05) is 13.7 Å². The SMILES string of the molecule is CCOC=C(C(=O)OC)S(=O)(=O)c1cccc(Cl)c1. The van der Waals surface area contributed by atoms with Crippen LogP contribution in [0.15, 0.2) is 40.3 Å². The summed E-state index contributed by atoms with van der Waals surface area (Å²) in [7, 11) is -2.94. The normalized spacial score (nSPS) is 12.1. The molecule has 0 unspecified atom stereocenters. The van der Waals surface area contributed by atoms with Gasteiger partial charge in [0.25, 0.3) is 0 Å². The number of ether oxygens (including phenoxy) is 2. The summed E-state index contributed by atoms with van der Waals surface area (Å²) in [5.74, 6) is -0.992. The predicted octanol–water partition coefficient (Wildman–Crippen LogP) is 2.16. The number of carbonyl (C=O) groups excluding carboxylic acids is 1. The van der Waals surface area contributed by atoms with Crippen LogP contribution in [0.1, 0.15) is 6.92 Å². The van der Waals surface area contributed by atoms with Crippen LogP contribution in [0.5, 0.6) is 0 Å². The van der Waals surface area contributed by atoms with Crippen LogP contribution in [0, 0.1) is 0 Å². The number of rotatable bonds is 5. The predicted molar refractivity (Wildman–Crippen MR) is 70.4 cm³/mol. The first kappa shape index (κ1) is 15.5. The zero-order chi connectivity index (χ0) is 14.5. The third-order valence-electron chi connectivity index (χ3n) is 2.14. The molecule has 0 atom stereocenters. The summed E-state index contributed by atoms with van der Waals surface area (Å²) >= 11 is 5.74. The van der Waals surface area contributed by atoms with Crippen LogP contribution < -0.4 is 0 Å². The summed E-state index contributed by atoms with van der Waals surface area (Å²) in [4.78, 5) is 10.9. The van der Waals surface area contributed by atoms with Gasteiger partial charge in [0.1, 0.15) is 6.26 Å². The molecule has 0 N–H and O–H groups in total. The van der Waals surface area contributed by atoms with Crippen molar-refractivity contribution < 1.29 is 22.7 Å². The number of hydrogen-bond donors (Lipinski definition) is 0. The Morgan fingerprint density at radius 1 is 1.42 bits per heavy atom. The standard InChI is InChI=1S/C12H13ClO5S/c1-3-18-8-11(12(14)17-2)19(15,16)10-6-4-5-9(13)7-10/h4-8H,3H2,1-2H3. The average molecular weight is 305 g/mol. The van der Waals surface area contributed by atoms with Crippen LogP contribution in [0.25, 0.3) is 0 Å². The Hall–Kier alpha value is -1.53. The van der Waals surface area contributed by atoms with Gasteiger partial charge in [0.05, 0.1) is 18.6 Å². The highest BCUT2D eigenvalue weighted by atomic mass is 35.5. The molecular weight excluding hydrogens is 292 g/mol. The van der Waals surface area contributed by atoms with Crippen LogP contribution >= 0.6 is 11.6 Å². The molecule has 104 valence electrons. The van der Waals surface area contributed by atoms with E-state index in [0.717, 1.165) is 13.4 Å². The van der Waals surface area contributed by atoms with E-state index >= 15 is 0 Å². The van der Waals surface area contributed by atoms with Gasteiger partial charge in [0.15, 0.2) is 4.91 Å². The number of halogens is 1. The summed E-state index contributed by atoms with van der Waals surface area (Å²) in [6.07, 6.45) is 0.877. The quantitative estimate of drug-likeness (QED) is 0.474. The largest absolute Gasteiger partial charge is 0.500 e. The number of carbonyl (C=O) groups is 1. The fourth-order valence-corrected chi connectivity index (χ4v) is 2.79. The van der Waals surface area contributed by atoms with E-state index in [0.29, 0.717) is 0 Å². The van der Waals surface area contributed by atoms with Crippen molar-refractivity contribution in [2.45, 2.75) is 11.8 Å². The Bertz CT molecular complexity index is 592. The number of hydrogen-bond acceptors (Lipinski definition) is 5. The third kappa shape index (κ3) is 3.71. The molecule has 0 spiro atoms. The zero-order valence-electron chi connectivity index (χ0n) is 10.4. The first-order chi connectivity index (χ1) is 8.93. The minimum atomic E-state index is -4.03. The lowest BCUT2D eigenvalue weighted by atomic mass is 10.4. The minimum Gasteiger partial charge on any atom is -0.500 e. The second-order valence-corrected chi connectivity index (χ2v) is 5.74. The lowest BCUT2D eigenvalue weighted by Gasteiger charge is -2.07. The van der Waals surface area contributed by atoms with E-state index in [1.165, 1.54) is 24.3 Å². The van der Waals surface area contributed by atoms with Gasteiger partial charge >= 0.3 is 5.97 Å². The van der Waals surface area contributed by atoms with Crippen LogP contribution in [0.2, 0.25) is 5.02 Å². The summed E-state index contributed by atoms with van der Waals surface area (Å²) in [5.41, 5.74) is 0. The molecule has 0 radical (unpaired) electrons. The highest BCUT2D eigenvalue weighted by Crippen LogP contribution is 2.23. The van der Waals surface area contributed by atoms with Crippen LogP contribution in [-0.4, -0.2) is 28.1 Å². The highest BCUT2D eigenvalue weighted by Gasteiger charge is 2.28. The number of sulfone groups is 1. The number of esters is 1. The Balaban J connectivity index is 3.32. The van der Waals surface area contributed by atoms with Crippen molar-refractivity contribution in [3.05, 3.63) is 40.5 Å². The van der Waals surface area contributed by atoms with Crippen molar-refractivity contribution in [2.24, 2.45) is 0 Å². The van der Waals surface area contributed by atoms with Crippen LogP contribution in [-0.2, 0) is 24.1 Å². The van der Waals surface area contributed by atoms with E-state index < -0.39 is 20.7 Å². The van der Waals surface area contributed by atoms with Gasteiger partial charge in [0.2, 0.25) is 9.84 Å². The Morgan fingerprint density at radius 2 is 2.11 bits per heavy atom. The topological polar surface area (TPSA) is 69.7 Å². The first-order valence-corrected chi connectivity index (χ1v) is 7.20. The van der Waals surface area contributed by atoms with Crippen molar-refractivity contribution in [3.63, 3.8) is 0 Å². The van der Waals surface area contributed by atoms with Gasteiger partial charge in [-0.1, -0.05) is 17.7 Å². The smallest absolute Gasteiger partial charge is 0.353 e. The summed E-state index contributed by atoms with van der Waals surface area (Å²) in [6.45, 7) is 1.89. The maximum atomic E-state index is 12.3. The Morgan fingerprint density at radius 3 is 2.63 bits per heavy atom. The summed E-state index contributed by atoms with van der Waals surface area (Å²) in [5, 5.41) is 0.252. The van der Waals surface area contributed by atoms with E-state index in [-0.39, 0.29) is 16.5 Å². The average Bonchev–Trinajstić information content (AvgIpc) is 2.38. The van der Waals surface area contributed by atoms with E-state index in [1.807, 2.05) is 0 Å². The van der Waals surface area contributed by atoms with Crippen molar-refractivity contribution >= 4 is 27.4 Å². The Kier molecular flexibility index (Phi) is 5.38. The fourth-order valence-electron chi connectivity index (χ4n) is 1.24. The molecule has 0 heterocycles. The maximum Gasteiger partial charge on any atom is 0.353 e. The molecule has 19 heavy (non-hydrogen) atoms. The van der Waals surface area contributed by atoms with E-state index in [9.17, 15) is 13.2 Å². The fraction of sp³-hybridized carbons (Fsp3) is 0.250. The number of benzene rings is 1. The van der Waals surface area contributed by atoms with Gasteiger partial charge in [0, 0.05) is 5.02 Å². The number of methoxy groups -OCH3 is 1. The zero-order valence-corrected chi connectivity index (χ0v) is 12.0. The monoisotopic (exact) mass is 304 g/mol. The Labute approximate surface area is 116 Å². The van der Waals surface area contributed by atoms with Gasteiger partial charge in [-0.2, -0.15) is 0 Å². The van der Waals surface area contributed by atoms with E-state index in [2.05, 4.69) is 4.74 Å². The molecule has 0 saturated carbocycles. The van der Waals surface area contributed by atoms with Gasteiger partial charge in [-0.25, -0.2) is 13.2 Å².